The number of hydrogen-bond donors (Lipinski definition) is 2. The molecule has 0 spiro atoms. The van der Waals surface area contributed by atoms with E-state index in [0.717, 1.165) is 28.5 Å². The highest BCUT2D eigenvalue weighted by molar-refractivity contribution is 7.99. The van der Waals surface area contributed by atoms with Crippen molar-refractivity contribution >= 4 is 35.8 Å². The zero-order chi connectivity index (χ0) is 16.5. The number of carbonyl (C=O) groups excluding carboxylic acids is 1. The Labute approximate surface area is 153 Å². The molecule has 0 aromatic heterocycles. The molecule has 0 aliphatic carbocycles. The number of ether oxygens (including phenoxy) is 1. The number of hydrogen-bond acceptors (Lipinski definition) is 4. The molecular weight excluding hydrogens is 344 g/mol. The molecule has 1 amide bonds. The van der Waals surface area contributed by atoms with Gasteiger partial charge in [-0.2, -0.15) is 0 Å². The summed E-state index contributed by atoms with van der Waals surface area (Å²) in [5.41, 5.74) is 7.57. The predicted octanol–water partition coefficient (Wildman–Crippen LogP) is 3.54. The Hall–Kier alpha value is -1.85. The van der Waals surface area contributed by atoms with Crippen molar-refractivity contribution in [1.29, 1.82) is 0 Å². The summed E-state index contributed by atoms with van der Waals surface area (Å²) in [5.74, 6) is 1.69. The Balaban J connectivity index is 0.00000288. The third kappa shape index (κ3) is 7.15. The first kappa shape index (κ1) is 20.2. The molecular formula is C18H23ClN2O2S. The van der Waals surface area contributed by atoms with E-state index in [1.54, 1.807) is 18.9 Å². The average molecular weight is 367 g/mol. The lowest BCUT2D eigenvalue weighted by atomic mass is 10.1. The number of anilines is 1. The monoisotopic (exact) mass is 366 g/mol. The number of nitrogens with one attached hydrogen (secondary N) is 1. The second-order valence-electron chi connectivity index (χ2n) is 5.12. The van der Waals surface area contributed by atoms with Crippen LogP contribution in [0.3, 0.4) is 0 Å². The maximum atomic E-state index is 11.8. The number of methoxy groups -OCH3 is 1. The second kappa shape index (κ2) is 10.8. The Morgan fingerprint density at radius 3 is 2.42 bits per heavy atom. The van der Waals surface area contributed by atoms with Crippen LogP contribution >= 0.6 is 24.2 Å². The fourth-order valence-electron chi connectivity index (χ4n) is 2.05. The van der Waals surface area contributed by atoms with E-state index in [2.05, 4.69) is 5.32 Å². The first-order valence-corrected chi connectivity index (χ1v) is 8.54. The SMILES string of the molecule is COc1ccc(SCCC(=O)NCCc2ccc(N)cc2)cc1.Cl. The molecule has 24 heavy (non-hydrogen) atoms. The number of benzene rings is 2. The largest absolute Gasteiger partial charge is 0.497 e. The van der Waals surface area contributed by atoms with Crippen LogP contribution < -0.4 is 15.8 Å². The molecule has 0 bridgehead atoms. The number of halogens is 1. The molecule has 0 fully saturated rings. The van der Waals surface area contributed by atoms with Gasteiger partial charge in [0.2, 0.25) is 5.91 Å². The zero-order valence-corrected chi connectivity index (χ0v) is 15.3. The van der Waals surface area contributed by atoms with Gasteiger partial charge in [0.05, 0.1) is 7.11 Å². The molecule has 4 nitrogen and oxygen atoms in total. The normalized spacial score (nSPS) is 9.88. The third-order valence-electron chi connectivity index (χ3n) is 3.37. The van der Waals surface area contributed by atoms with E-state index >= 15 is 0 Å². The maximum Gasteiger partial charge on any atom is 0.220 e. The van der Waals surface area contributed by atoms with Crippen LogP contribution in [0.2, 0.25) is 0 Å². The summed E-state index contributed by atoms with van der Waals surface area (Å²) < 4.78 is 5.12. The number of nitrogens with two attached hydrogens (primary N) is 1. The van der Waals surface area contributed by atoms with E-state index in [4.69, 9.17) is 10.5 Å². The minimum Gasteiger partial charge on any atom is -0.497 e. The van der Waals surface area contributed by atoms with Gasteiger partial charge in [0.25, 0.3) is 0 Å². The van der Waals surface area contributed by atoms with Gasteiger partial charge in [-0.15, -0.1) is 24.2 Å². The molecule has 2 aromatic rings. The van der Waals surface area contributed by atoms with Crippen LogP contribution in [-0.2, 0) is 11.2 Å². The van der Waals surface area contributed by atoms with E-state index in [9.17, 15) is 4.79 Å². The summed E-state index contributed by atoms with van der Waals surface area (Å²) in [7, 11) is 1.65. The molecule has 3 N–H and O–H groups in total. The minimum atomic E-state index is 0. The van der Waals surface area contributed by atoms with E-state index in [1.807, 2.05) is 48.5 Å². The van der Waals surface area contributed by atoms with Crippen LogP contribution in [0.5, 0.6) is 5.75 Å². The van der Waals surface area contributed by atoms with Crippen LogP contribution in [-0.4, -0.2) is 25.3 Å². The lowest BCUT2D eigenvalue weighted by Crippen LogP contribution is -2.25. The first-order valence-electron chi connectivity index (χ1n) is 7.55. The fraction of sp³-hybridized carbons (Fsp3) is 0.278. The van der Waals surface area contributed by atoms with Gasteiger partial charge in [-0.3, -0.25) is 4.79 Å². The summed E-state index contributed by atoms with van der Waals surface area (Å²) in [6, 6.07) is 15.6. The summed E-state index contributed by atoms with van der Waals surface area (Å²) in [4.78, 5) is 13.0. The van der Waals surface area contributed by atoms with Crippen molar-refractivity contribution in [3.63, 3.8) is 0 Å². The molecule has 130 valence electrons. The van der Waals surface area contributed by atoms with Gasteiger partial charge in [0, 0.05) is 29.3 Å². The molecule has 0 atom stereocenters. The summed E-state index contributed by atoms with van der Waals surface area (Å²) in [5, 5.41) is 2.95. The Morgan fingerprint density at radius 1 is 1.12 bits per heavy atom. The van der Waals surface area contributed by atoms with E-state index in [-0.39, 0.29) is 18.3 Å². The van der Waals surface area contributed by atoms with Crippen molar-refractivity contribution in [2.75, 3.05) is 25.1 Å². The second-order valence-corrected chi connectivity index (χ2v) is 6.28. The van der Waals surface area contributed by atoms with Crippen molar-refractivity contribution < 1.29 is 9.53 Å². The van der Waals surface area contributed by atoms with E-state index < -0.39 is 0 Å². The van der Waals surface area contributed by atoms with E-state index in [1.165, 1.54) is 5.56 Å². The molecule has 0 saturated heterocycles. The summed E-state index contributed by atoms with van der Waals surface area (Å²) in [6.07, 6.45) is 1.33. The zero-order valence-electron chi connectivity index (χ0n) is 13.7. The predicted molar refractivity (Wildman–Crippen MR) is 103 cm³/mol. The molecule has 0 aliphatic rings. The molecule has 0 saturated carbocycles. The Kier molecular flexibility index (Phi) is 9.12. The van der Waals surface area contributed by atoms with Gasteiger partial charge in [-0.05, 0) is 48.4 Å². The van der Waals surface area contributed by atoms with Crippen molar-refractivity contribution in [1.82, 2.24) is 5.32 Å². The van der Waals surface area contributed by atoms with Crippen LogP contribution in [0.4, 0.5) is 5.69 Å². The van der Waals surface area contributed by atoms with Gasteiger partial charge in [-0.25, -0.2) is 0 Å². The molecule has 2 aromatic carbocycles. The smallest absolute Gasteiger partial charge is 0.220 e. The minimum absolute atomic E-state index is 0. The van der Waals surface area contributed by atoms with Crippen LogP contribution in [0.1, 0.15) is 12.0 Å². The molecule has 6 heteroatoms. The van der Waals surface area contributed by atoms with Crippen LogP contribution in [0, 0.1) is 0 Å². The topological polar surface area (TPSA) is 64.3 Å². The van der Waals surface area contributed by atoms with Crippen molar-refractivity contribution in [2.45, 2.75) is 17.7 Å². The summed E-state index contributed by atoms with van der Waals surface area (Å²) >= 11 is 1.67. The number of rotatable bonds is 8. The quantitative estimate of drug-likeness (QED) is 0.554. The van der Waals surface area contributed by atoms with Crippen LogP contribution in [0.25, 0.3) is 0 Å². The Morgan fingerprint density at radius 2 is 1.79 bits per heavy atom. The molecule has 0 aliphatic heterocycles. The highest BCUT2D eigenvalue weighted by Crippen LogP contribution is 2.21. The molecule has 0 radical (unpaired) electrons. The van der Waals surface area contributed by atoms with Gasteiger partial charge in [0.1, 0.15) is 5.75 Å². The lowest BCUT2D eigenvalue weighted by Gasteiger charge is -2.06. The van der Waals surface area contributed by atoms with Gasteiger partial charge < -0.3 is 15.8 Å². The summed E-state index contributed by atoms with van der Waals surface area (Å²) in [6.45, 7) is 0.649. The van der Waals surface area contributed by atoms with Crippen molar-refractivity contribution in [3.8, 4) is 5.75 Å². The number of thioether (sulfide) groups is 1. The molecule has 0 unspecified atom stereocenters. The van der Waals surface area contributed by atoms with Crippen molar-refractivity contribution in [2.24, 2.45) is 0 Å². The van der Waals surface area contributed by atoms with Crippen LogP contribution in [0.15, 0.2) is 53.4 Å². The highest BCUT2D eigenvalue weighted by Gasteiger charge is 2.02. The molecule has 2 rings (SSSR count). The maximum absolute atomic E-state index is 11.8. The van der Waals surface area contributed by atoms with Gasteiger partial charge in [-0.1, -0.05) is 12.1 Å². The third-order valence-corrected chi connectivity index (χ3v) is 4.39. The lowest BCUT2D eigenvalue weighted by molar-refractivity contribution is -0.120. The van der Waals surface area contributed by atoms with Crippen molar-refractivity contribution in [3.05, 3.63) is 54.1 Å². The highest BCUT2D eigenvalue weighted by atomic mass is 35.5. The fourth-order valence-corrected chi connectivity index (χ4v) is 2.90. The number of amides is 1. The molecule has 0 heterocycles. The van der Waals surface area contributed by atoms with E-state index in [0.29, 0.717) is 13.0 Å². The number of carbonyl (C=O) groups is 1. The standard InChI is InChI=1S/C18H22N2O2S.ClH/c1-22-16-6-8-17(9-7-16)23-13-11-18(21)20-12-10-14-2-4-15(19)5-3-14;/h2-9H,10-13,19H2,1H3,(H,20,21);1H. The Bertz CT molecular complexity index is 618. The van der Waals surface area contributed by atoms with Gasteiger partial charge >= 0.3 is 0 Å². The number of nitrogen functional groups attached to an aromatic ring is 1. The average Bonchev–Trinajstić information content (AvgIpc) is 2.57. The van der Waals surface area contributed by atoms with Gasteiger partial charge in [0.15, 0.2) is 0 Å². The first-order chi connectivity index (χ1) is 11.2.